The van der Waals surface area contributed by atoms with E-state index in [0.717, 1.165) is 62.5 Å². The molecule has 0 fully saturated rings. The Kier molecular flexibility index (Phi) is 15.8. The number of carbonyl (C=O) groups excluding carboxylic acids is 4. The summed E-state index contributed by atoms with van der Waals surface area (Å²) < 4.78 is 0. The van der Waals surface area contributed by atoms with Crippen molar-refractivity contribution in [2.45, 2.75) is 105 Å². The summed E-state index contributed by atoms with van der Waals surface area (Å²) in [6, 6.07) is 9.81. The van der Waals surface area contributed by atoms with Gasteiger partial charge in [0.15, 0.2) is 0 Å². The summed E-state index contributed by atoms with van der Waals surface area (Å²) in [5.41, 5.74) is 11.9. The zero-order chi connectivity index (χ0) is 32.5. The summed E-state index contributed by atoms with van der Waals surface area (Å²) in [5.74, 6) is -2.98. The summed E-state index contributed by atoms with van der Waals surface area (Å²) in [5, 5.41) is 20.3. The molecule has 0 heterocycles. The van der Waals surface area contributed by atoms with E-state index >= 15 is 0 Å². The summed E-state index contributed by atoms with van der Waals surface area (Å²) in [4.78, 5) is 50.9. The standard InChI is InChI=1S/C34H50N4O6/c1-5-8-13-24-17-19-29(39)27(21-24)33(43)37-35-31(41)23(4)12-11-16-26(15-10-7-3)32(42)36-38-34(44)28-22-25(14-9-6-2)18-20-30(28)40/h17-23,26,39-40H,5-16H2,1-4H3,(H,35,41)(H,36,42)(H,37,43)(H,38,44). The van der Waals surface area contributed by atoms with E-state index in [1.165, 1.54) is 12.1 Å². The van der Waals surface area contributed by atoms with Crippen molar-refractivity contribution in [1.29, 1.82) is 0 Å². The van der Waals surface area contributed by atoms with Gasteiger partial charge in [0, 0.05) is 11.8 Å². The molecular formula is C34H50N4O6. The summed E-state index contributed by atoms with van der Waals surface area (Å²) in [7, 11) is 0. The van der Waals surface area contributed by atoms with E-state index in [4.69, 9.17) is 0 Å². The molecule has 10 heteroatoms. The third kappa shape index (κ3) is 11.9. The molecule has 6 N–H and O–H groups in total. The van der Waals surface area contributed by atoms with Crippen molar-refractivity contribution < 1.29 is 29.4 Å². The Hall–Kier alpha value is -4.08. The molecule has 2 unspecified atom stereocenters. The van der Waals surface area contributed by atoms with Crippen molar-refractivity contribution in [3.05, 3.63) is 58.7 Å². The number of hydrazine groups is 2. The highest BCUT2D eigenvalue weighted by Gasteiger charge is 2.22. The van der Waals surface area contributed by atoms with E-state index in [-0.39, 0.29) is 40.4 Å². The maximum atomic E-state index is 13.0. The summed E-state index contributed by atoms with van der Waals surface area (Å²) in [6.07, 6.45) is 9.50. The lowest BCUT2D eigenvalue weighted by molar-refractivity contribution is -0.126. The quantitative estimate of drug-likeness (QED) is 0.128. The van der Waals surface area contributed by atoms with E-state index in [1.54, 1.807) is 31.2 Å². The lowest BCUT2D eigenvalue weighted by Gasteiger charge is -2.18. The number of unbranched alkanes of at least 4 members (excludes halogenated alkanes) is 3. The zero-order valence-corrected chi connectivity index (χ0v) is 26.6. The summed E-state index contributed by atoms with van der Waals surface area (Å²) >= 11 is 0. The van der Waals surface area contributed by atoms with Crippen LogP contribution in [0.25, 0.3) is 0 Å². The third-order valence-corrected chi connectivity index (χ3v) is 7.76. The Labute approximate surface area is 261 Å². The van der Waals surface area contributed by atoms with Crippen LogP contribution in [-0.4, -0.2) is 33.8 Å². The van der Waals surface area contributed by atoms with Gasteiger partial charge in [0.25, 0.3) is 11.8 Å². The molecule has 2 aromatic carbocycles. The maximum absolute atomic E-state index is 13.0. The predicted molar refractivity (Wildman–Crippen MR) is 171 cm³/mol. The fourth-order valence-electron chi connectivity index (χ4n) is 4.86. The van der Waals surface area contributed by atoms with Gasteiger partial charge in [0.05, 0.1) is 11.1 Å². The highest BCUT2D eigenvalue weighted by molar-refractivity contribution is 5.98. The van der Waals surface area contributed by atoms with E-state index in [1.807, 2.05) is 6.92 Å². The number of aryl methyl sites for hydroxylation is 2. The maximum Gasteiger partial charge on any atom is 0.273 e. The highest BCUT2D eigenvalue weighted by Crippen LogP contribution is 2.22. The number of phenols is 2. The smallest absolute Gasteiger partial charge is 0.273 e. The molecule has 2 aromatic rings. The Morgan fingerprint density at radius 3 is 1.55 bits per heavy atom. The van der Waals surface area contributed by atoms with E-state index < -0.39 is 17.7 Å². The summed E-state index contributed by atoms with van der Waals surface area (Å²) in [6.45, 7) is 7.93. The minimum Gasteiger partial charge on any atom is -0.507 e. The molecule has 10 nitrogen and oxygen atoms in total. The highest BCUT2D eigenvalue weighted by atomic mass is 16.3. The number of nitrogens with one attached hydrogen (secondary N) is 4. The molecule has 0 spiro atoms. The van der Waals surface area contributed by atoms with E-state index in [2.05, 4.69) is 35.6 Å². The minimum atomic E-state index is -0.597. The number of amides is 4. The van der Waals surface area contributed by atoms with Gasteiger partial charge in [0.1, 0.15) is 11.5 Å². The first-order chi connectivity index (χ1) is 21.1. The molecule has 0 aliphatic carbocycles. The Balaban J connectivity index is 1.86. The number of aromatic hydroxyl groups is 2. The van der Waals surface area contributed by atoms with E-state index in [0.29, 0.717) is 25.7 Å². The molecule has 2 rings (SSSR count). The second kappa shape index (κ2) is 19.2. The Morgan fingerprint density at radius 2 is 1.07 bits per heavy atom. The van der Waals surface area contributed by atoms with Crippen molar-refractivity contribution in [2.24, 2.45) is 11.8 Å². The SMILES string of the molecule is CCCCc1ccc(O)c(C(=O)NNC(=O)C(C)CCCC(CCCC)C(=O)NNC(=O)c2cc(CCCC)ccc2O)c1. The molecule has 242 valence electrons. The number of carbonyl (C=O) groups is 4. The molecule has 0 bridgehead atoms. The van der Waals surface area contributed by atoms with Crippen LogP contribution in [0.5, 0.6) is 11.5 Å². The van der Waals surface area contributed by atoms with Gasteiger partial charge in [-0.15, -0.1) is 0 Å². The van der Waals surface area contributed by atoms with Gasteiger partial charge in [-0.3, -0.25) is 40.9 Å². The van der Waals surface area contributed by atoms with Crippen LogP contribution < -0.4 is 21.7 Å². The van der Waals surface area contributed by atoms with E-state index in [9.17, 15) is 29.4 Å². The van der Waals surface area contributed by atoms with Crippen molar-refractivity contribution in [3.8, 4) is 11.5 Å². The molecule has 0 saturated heterocycles. The van der Waals surface area contributed by atoms with Crippen molar-refractivity contribution in [2.75, 3.05) is 0 Å². The Morgan fingerprint density at radius 1 is 0.614 bits per heavy atom. The molecule has 0 saturated carbocycles. The zero-order valence-electron chi connectivity index (χ0n) is 26.6. The van der Waals surface area contributed by atoms with Gasteiger partial charge < -0.3 is 10.2 Å². The topological polar surface area (TPSA) is 157 Å². The van der Waals surface area contributed by atoms with Crippen molar-refractivity contribution in [1.82, 2.24) is 21.7 Å². The van der Waals surface area contributed by atoms with Crippen LogP contribution in [0, 0.1) is 11.8 Å². The predicted octanol–water partition coefficient (Wildman–Crippen LogP) is 5.62. The van der Waals surface area contributed by atoms with Crippen LogP contribution in [0.3, 0.4) is 0 Å². The van der Waals surface area contributed by atoms with Crippen LogP contribution in [0.15, 0.2) is 36.4 Å². The lowest BCUT2D eigenvalue weighted by atomic mass is 9.92. The van der Waals surface area contributed by atoms with Crippen molar-refractivity contribution in [3.63, 3.8) is 0 Å². The minimum absolute atomic E-state index is 0.0998. The number of phenolic OH excluding ortho intramolecular Hbond substituents is 2. The van der Waals surface area contributed by atoms with Gasteiger partial charge in [-0.2, -0.15) is 0 Å². The van der Waals surface area contributed by atoms with Gasteiger partial charge >= 0.3 is 0 Å². The first kappa shape index (κ1) is 36.1. The molecule has 0 aliphatic rings. The number of hydrogen-bond acceptors (Lipinski definition) is 6. The van der Waals surface area contributed by atoms with Crippen LogP contribution in [-0.2, 0) is 22.4 Å². The first-order valence-electron chi connectivity index (χ1n) is 15.9. The Bertz CT molecular complexity index is 1250. The normalized spacial score (nSPS) is 12.2. The van der Waals surface area contributed by atoms with Crippen LogP contribution in [0.2, 0.25) is 0 Å². The second-order valence-corrected chi connectivity index (χ2v) is 11.5. The van der Waals surface area contributed by atoms with Gasteiger partial charge in [-0.05, 0) is 80.3 Å². The largest absolute Gasteiger partial charge is 0.507 e. The van der Waals surface area contributed by atoms with Gasteiger partial charge in [0.2, 0.25) is 11.8 Å². The first-order valence-corrected chi connectivity index (χ1v) is 15.9. The van der Waals surface area contributed by atoms with Gasteiger partial charge in [-0.25, -0.2) is 0 Å². The number of benzene rings is 2. The van der Waals surface area contributed by atoms with Gasteiger partial charge in [-0.1, -0.05) is 71.9 Å². The molecule has 0 radical (unpaired) electrons. The average Bonchev–Trinajstić information content (AvgIpc) is 3.02. The number of rotatable bonds is 17. The third-order valence-electron chi connectivity index (χ3n) is 7.76. The van der Waals surface area contributed by atoms with Crippen LogP contribution in [0.1, 0.15) is 124 Å². The molecule has 4 amide bonds. The fraction of sp³-hybridized carbons (Fsp3) is 0.529. The molecule has 44 heavy (non-hydrogen) atoms. The number of hydrogen-bond donors (Lipinski definition) is 6. The molecular weight excluding hydrogens is 560 g/mol. The second-order valence-electron chi connectivity index (χ2n) is 11.5. The van der Waals surface area contributed by atoms with Crippen LogP contribution >= 0.6 is 0 Å². The lowest BCUT2D eigenvalue weighted by Crippen LogP contribution is -2.45. The van der Waals surface area contributed by atoms with Crippen LogP contribution in [0.4, 0.5) is 0 Å². The van der Waals surface area contributed by atoms with Crippen molar-refractivity contribution >= 4 is 23.6 Å². The molecule has 2 atom stereocenters. The average molecular weight is 611 g/mol. The molecule has 0 aromatic heterocycles. The fourth-order valence-corrected chi connectivity index (χ4v) is 4.86. The monoisotopic (exact) mass is 610 g/mol. The molecule has 0 aliphatic heterocycles.